The van der Waals surface area contributed by atoms with E-state index in [0.717, 1.165) is 25.3 Å². The molecule has 1 aromatic rings. The zero-order valence-corrected chi connectivity index (χ0v) is 9.82. The average molecular weight is 208 g/mol. The van der Waals surface area contributed by atoms with E-state index < -0.39 is 0 Å². The van der Waals surface area contributed by atoms with Gasteiger partial charge >= 0.3 is 0 Å². The fourth-order valence-electron chi connectivity index (χ4n) is 1.12. The fraction of sp³-hybridized carbons (Fsp3) is 0.636. The van der Waals surface area contributed by atoms with E-state index >= 15 is 0 Å². The molecule has 1 N–H and O–H groups in total. The molecule has 0 fully saturated rings. The van der Waals surface area contributed by atoms with E-state index in [1.807, 2.05) is 11.6 Å². The van der Waals surface area contributed by atoms with Gasteiger partial charge in [0.05, 0.1) is 6.54 Å². The molecule has 1 rings (SSSR count). The molecule has 4 nitrogen and oxygen atoms in total. The number of rotatable bonds is 6. The molecule has 0 atom stereocenters. The van der Waals surface area contributed by atoms with Gasteiger partial charge in [0.1, 0.15) is 6.33 Å². The van der Waals surface area contributed by atoms with Crippen LogP contribution in [0.3, 0.4) is 0 Å². The minimum Gasteiger partial charge on any atom is -0.308 e. The van der Waals surface area contributed by atoms with E-state index in [0.29, 0.717) is 6.04 Å². The zero-order valence-electron chi connectivity index (χ0n) is 9.82. The SMILES string of the molecule is C=C(C)CCn1cnc(CNC(C)C)n1. The smallest absolute Gasteiger partial charge is 0.164 e. The lowest BCUT2D eigenvalue weighted by atomic mass is 10.2. The summed E-state index contributed by atoms with van der Waals surface area (Å²) in [5.74, 6) is 0.852. The van der Waals surface area contributed by atoms with Crippen molar-refractivity contribution in [1.82, 2.24) is 20.1 Å². The van der Waals surface area contributed by atoms with Crippen LogP contribution < -0.4 is 5.32 Å². The van der Waals surface area contributed by atoms with E-state index in [2.05, 4.69) is 35.8 Å². The summed E-state index contributed by atoms with van der Waals surface area (Å²) in [4.78, 5) is 4.23. The van der Waals surface area contributed by atoms with Gasteiger partial charge in [0.2, 0.25) is 0 Å². The number of nitrogens with one attached hydrogen (secondary N) is 1. The summed E-state index contributed by atoms with van der Waals surface area (Å²) in [5, 5.41) is 7.64. The van der Waals surface area contributed by atoms with Crippen LogP contribution in [-0.4, -0.2) is 20.8 Å². The molecule has 1 heterocycles. The summed E-state index contributed by atoms with van der Waals surface area (Å²) in [6.45, 7) is 11.7. The van der Waals surface area contributed by atoms with Gasteiger partial charge in [0.25, 0.3) is 0 Å². The maximum absolute atomic E-state index is 4.36. The second-order valence-corrected chi connectivity index (χ2v) is 4.17. The molecular formula is C11H20N4. The number of nitrogens with zero attached hydrogens (tertiary/aromatic N) is 3. The Balaban J connectivity index is 2.38. The maximum atomic E-state index is 4.36. The number of hydrogen-bond donors (Lipinski definition) is 1. The summed E-state index contributed by atoms with van der Waals surface area (Å²) < 4.78 is 1.87. The summed E-state index contributed by atoms with van der Waals surface area (Å²) in [7, 11) is 0. The number of hydrogen-bond acceptors (Lipinski definition) is 3. The fourth-order valence-corrected chi connectivity index (χ4v) is 1.12. The molecule has 84 valence electrons. The maximum Gasteiger partial charge on any atom is 0.164 e. The zero-order chi connectivity index (χ0) is 11.3. The molecule has 0 amide bonds. The van der Waals surface area contributed by atoms with E-state index in [1.54, 1.807) is 6.33 Å². The predicted molar refractivity (Wildman–Crippen MR) is 61.4 cm³/mol. The normalized spacial score (nSPS) is 10.9. The molecule has 15 heavy (non-hydrogen) atoms. The first kappa shape index (κ1) is 11.9. The molecule has 0 radical (unpaired) electrons. The van der Waals surface area contributed by atoms with E-state index in [9.17, 15) is 0 Å². The molecule has 1 aromatic heterocycles. The van der Waals surface area contributed by atoms with Crippen molar-refractivity contribution in [1.29, 1.82) is 0 Å². The second-order valence-electron chi connectivity index (χ2n) is 4.17. The number of aromatic nitrogens is 3. The lowest BCUT2D eigenvalue weighted by molar-refractivity contribution is 0.556. The van der Waals surface area contributed by atoms with Crippen LogP contribution in [0.5, 0.6) is 0 Å². The molecule has 0 unspecified atom stereocenters. The van der Waals surface area contributed by atoms with Gasteiger partial charge < -0.3 is 5.32 Å². The Labute approximate surface area is 91.4 Å². The van der Waals surface area contributed by atoms with Crippen LogP contribution in [-0.2, 0) is 13.1 Å². The third kappa shape index (κ3) is 4.74. The van der Waals surface area contributed by atoms with Crippen molar-refractivity contribution in [3.8, 4) is 0 Å². The van der Waals surface area contributed by atoms with Crippen molar-refractivity contribution in [2.75, 3.05) is 0 Å². The first-order valence-corrected chi connectivity index (χ1v) is 5.34. The van der Waals surface area contributed by atoms with Crippen LogP contribution in [0.1, 0.15) is 33.0 Å². The molecule has 0 aliphatic heterocycles. The largest absolute Gasteiger partial charge is 0.308 e. The second kappa shape index (κ2) is 5.66. The van der Waals surface area contributed by atoms with E-state index in [-0.39, 0.29) is 0 Å². The van der Waals surface area contributed by atoms with Crippen molar-refractivity contribution in [2.24, 2.45) is 0 Å². The van der Waals surface area contributed by atoms with Crippen LogP contribution in [0.15, 0.2) is 18.5 Å². The first-order chi connectivity index (χ1) is 7.08. The molecule has 4 heteroatoms. The van der Waals surface area contributed by atoms with Crippen molar-refractivity contribution in [3.63, 3.8) is 0 Å². The van der Waals surface area contributed by atoms with Gasteiger partial charge in [-0.2, -0.15) is 5.10 Å². The molecule has 0 bridgehead atoms. The van der Waals surface area contributed by atoms with E-state index in [4.69, 9.17) is 0 Å². The van der Waals surface area contributed by atoms with Crippen molar-refractivity contribution in [3.05, 3.63) is 24.3 Å². The Hall–Kier alpha value is -1.16. The van der Waals surface area contributed by atoms with Crippen molar-refractivity contribution < 1.29 is 0 Å². The summed E-state index contributed by atoms with van der Waals surface area (Å²) in [6.07, 6.45) is 2.74. The quantitative estimate of drug-likeness (QED) is 0.724. The molecule has 0 saturated carbocycles. The Morgan fingerprint density at radius 1 is 1.60 bits per heavy atom. The predicted octanol–water partition coefficient (Wildman–Crippen LogP) is 1.74. The third-order valence-electron chi connectivity index (χ3n) is 2.02. The topological polar surface area (TPSA) is 42.7 Å². The lowest BCUT2D eigenvalue weighted by Gasteiger charge is -2.04. The minimum atomic E-state index is 0.465. The third-order valence-corrected chi connectivity index (χ3v) is 2.02. The molecule has 0 aliphatic rings. The lowest BCUT2D eigenvalue weighted by Crippen LogP contribution is -2.22. The molecule has 0 spiro atoms. The highest BCUT2D eigenvalue weighted by Crippen LogP contribution is 1.99. The number of aryl methyl sites for hydroxylation is 1. The van der Waals surface area contributed by atoms with Crippen LogP contribution >= 0.6 is 0 Å². The van der Waals surface area contributed by atoms with Gasteiger partial charge in [0.15, 0.2) is 5.82 Å². The van der Waals surface area contributed by atoms with Crippen molar-refractivity contribution in [2.45, 2.75) is 46.3 Å². The summed E-state index contributed by atoms with van der Waals surface area (Å²) in [5.41, 5.74) is 1.17. The molecular weight excluding hydrogens is 188 g/mol. The van der Waals surface area contributed by atoms with Crippen LogP contribution in [0.25, 0.3) is 0 Å². The van der Waals surface area contributed by atoms with Gasteiger partial charge in [-0.15, -0.1) is 6.58 Å². The highest BCUT2D eigenvalue weighted by molar-refractivity contribution is 4.88. The van der Waals surface area contributed by atoms with Gasteiger partial charge in [-0.05, 0) is 13.3 Å². The Bertz CT molecular complexity index is 314. The van der Waals surface area contributed by atoms with Crippen LogP contribution in [0.2, 0.25) is 0 Å². The standard InChI is InChI=1S/C11H20N4/c1-9(2)5-6-15-8-13-11(14-15)7-12-10(3)4/h8,10,12H,1,5-7H2,2-4H3. The Kier molecular flexibility index (Phi) is 4.49. The van der Waals surface area contributed by atoms with Gasteiger partial charge in [0, 0.05) is 12.6 Å². The van der Waals surface area contributed by atoms with Crippen LogP contribution in [0, 0.1) is 0 Å². The van der Waals surface area contributed by atoms with Crippen LogP contribution in [0.4, 0.5) is 0 Å². The number of allylic oxidation sites excluding steroid dienone is 1. The highest BCUT2D eigenvalue weighted by atomic mass is 15.3. The first-order valence-electron chi connectivity index (χ1n) is 5.34. The minimum absolute atomic E-state index is 0.465. The van der Waals surface area contributed by atoms with Gasteiger partial charge in [-0.1, -0.05) is 19.4 Å². The molecule has 0 saturated heterocycles. The molecule has 0 aromatic carbocycles. The highest BCUT2D eigenvalue weighted by Gasteiger charge is 2.01. The van der Waals surface area contributed by atoms with Crippen molar-refractivity contribution >= 4 is 0 Å². The summed E-state index contributed by atoms with van der Waals surface area (Å²) >= 11 is 0. The monoisotopic (exact) mass is 208 g/mol. The van der Waals surface area contributed by atoms with Gasteiger partial charge in [-0.25, -0.2) is 4.98 Å². The Morgan fingerprint density at radius 3 is 2.93 bits per heavy atom. The average Bonchev–Trinajstić information content (AvgIpc) is 2.59. The van der Waals surface area contributed by atoms with E-state index in [1.165, 1.54) is 5.57 Å². The molecule has 0 aliphatic carbocycles. The van der Waals surface area contributed by atoms with Gasteiger partial charge in [-0.3, -0.25) is 4.68 Å². The Morgan fingerprint density at radius 2 is 2.33 bits per heavy atom. The summed E-state index contributed by atoms with van der Waals surface area (Å²) in [6, 6.07) is 0.465.